The van der Waals surface area contributed by atoms with Crippen molar-refractivity contribution in [2.24, 2.45) is 5.92 Å². The van der Waals surface area contributed by atoms with Gasteiger partial charge in [-0.3, -0.25) is 14.2 Å². The van der Waals surface area contributed by atoms with Crippen LogP contribution in [-0.2, 0) is 11.3 Å². The van der Waals surface area contributed by atoms with Gasteiger partial charge in [0, 0.05) is 19.5 Å². The summed E-state index contributed by atoms with van der Waals surface area (Å²) in [6, 6.07) is 5.57. The Balaban J connectivity index is 1.93. The Morgan fingerprint density at radius 1 is 1.35 bits per heavy atom. The highest BCUT2D eigenvalue weighted by Gasteiger charge is 2.07. The lowest BCUT2D eigenvalue weighted by molar-refractivity contribution is -0.121. The number of hydrogen-bond acceptors (Lipinski definition) is 3. The lowest BCUT2D eigenvalue weighted by Crippen LogP contribution is -2.28. The van der Waals surface area contributed by atoms with E-state index < -0.39 is 0 Å². The average molecular weight is 315 g/mol. The summed E-state index contributed by atoms with van der Waals surface area (Å²) in [5, 5.41) is 3.50. The Bertz CT molecular complexity index is 735. The molecule has 1 N–H and O–H groups in total. The molecule has 1 aromatic carbocycles. The molecule has 1 amide bonds. The molecule has 1 aromatic heterocycles. The van der Waals surface area contributed by atoms with Crippen molar-refractivity contribution in [1.29, 1.82) is 0 Å². The van der Waals surface area contributed by atoms with Crippen LogP contribution >= 0.6 is 0 Å². The first kappa shape index (κ1) is 17.2. The van der Waals surface area contributed by atoms with Gasteiger partial charge in [0.25, 0.3) is 5.56 Å². The van der Waals surface area contributed by atoms with Gasteiger partial charge in [-0.2, -0.15) is 0 Å². The van der Waals surface area contributed by atoms with Gasteiger partial charge in [0.1, 0.15) is 0 Å². The Morgan fingerprint density at radius 2 is 2.13 bits per heavy atom. The zero-order valence-electron chi connectivity index (χ0n) is 14.1. The van der Waals surface area contributed by atoms with E-state index in [1.807, 2.05) is 19.1 Å². The molecule has 0 aliphatic carbocycles. The minimum atomic E-state index is -0.0914. The van der Waals surface area contributed by atoms with E-state index in [1.54, 1.807) is 6.07 Å². The van der Waals surface area contributed by atoms with Gasteiger partial charge in [-0.05, 0) is 37.3 Å². The Kier molecular flexibility index (Phi) is 5.90. The van der Waals surface area contributed by atoms with Crippen LogP contribution in [0.15, 0.2) is 29.3 Å². The third-order valence-electron chi connectivity index (χ3n) is 3.92. The molecule has 0 unspecified atom stereocenters. The van der Waals surface area contributed by atoms with E-state index in [2.05, 4.69) is 24.1 Å². The van der Waals surface area contributed by atoms with E-state index in [-0.39, 0.29) is 11.5 Å². The van der Waals surface area contributed by atoms with Gasteiger partial charge in [-0.15, -0.1) is 0 Å². The van der Waals surface area contributed by atoms with Crippen molar-refractivity contribution in [3.05, 3.63) is 40.4 Å². The molecular formula is C18H25N3O2. The number of nitrogens with zero attached hydrogens (tertiary/aromatic N) is 2. The molecule has 2 rings (SSSR count). The van der Waals surface area contributed by atoms with Crippen LogP contribution in [-0.4, -0.2) is 22.0 Å². The molecule has 0 saturated carbocycles. The van der Waals surface area contributed by atoms with E-state index in [0.29, 0.717) is 30.8 Å². The second kappa shape index (κ2) is 7.90. The lowest BCUT2D eigenvalue weighted by Gasteiger charge is -2.09. The molecule has 2 aromatic rings. The maximum atomic E-state index is 12.4. The Hall–Kier alpha value is -2.17. The molecule has 0 saturated heterocycles. The molecule has 0 aliphatic heterocycles. The fourth-order valence-electron chi connectivity index (χ4n) is 2.55. The molecule has 23 heavy (non-hydrogen) atoms. The van der Waals surface area contributed by atoms with Crippen molar-refractivity contribution in [3.63, 3.8) is 0 Å². The molecule has 0 bridgehead atoms. The molecule has 124 valence electrons. The number of amides is 1. The van der Waals surface area contributed by atoms with Crippen molar-refractivity contribution in [2.75, 3.05) is 6.54 Å². The fourth-order valence-corrected chi connectivity index (χ4v) is 2.55. The molecule has 0 aliphatic rings. The number of hydrogen-bond donors (Lipinski definition) is 1. The fraction of sp³-hybridized carbons (Fsp3) is 0.500. The molecule has 1 heterocycles. The molecule has 0 radical (unpaired) electrons. The maximum Gasteiger partial charge on any atom is 0.261 e. The summed E-state index contributed by atoms with van der Waals surface area (Å²) in [5.74, 6) is 0.627. The van der Waals surface area contributed by atoms with Gasteiger partial charge < -0.3 is 5.32 Å². The van der Waals surface area contributed by atoms with Gasteiger partial charge in [0.15, 0.2) is 0 Å². The SMILES string of the molecule is Cc1cccc2c(=O)n(CCC(=O)NCCCC(C)C)cnc12. The second-order valence-corrected chi connectivity index (χ2v) is 6.35. The summed E-state index contributed by atoms with van der Waals surface area (Å²) >= 11 is 0. The van der Waals surface area contributed by atoms with E-state index in [4.69, 9.17) is 0 Å². The predicted molar refractivity (Wildman–Crippen MR) is 92.4 cm³/mol. The first-order valence-corrected chi connectivity index (χ1v) is 8.20. The van der Waals surface area contributed by atoms with Crippen LogP contribution in [0.2, 0.25) is 0 Å². The third kappa shape index (κ3) is 4.65. The van der Waals surface area contributed by atoms with Crippen LogP contribution in [0.5, 0.6) is 0 Å². The van der Waals surface area contributed by atoms with Crippen molar-refractivity contribution in [2.45, 2.75) is 46.6 Å². The van der Waals surface area contributed by atoms with Gasteiger partial charge in [0.2, 0.25) is 5.91 Å². The van der Waals surface area contributed by atoms with E-state index >= 15 is 0 Å². The number of fused-ring (bicyclic) bond motifs is 1. The monoisotopic (exact) mass is 315 g/mol. The van der Waals surface area contributed by atoms with Gasteiger partial charge >= 0.3 is 0 Å². The summed E-state index contributed by atoms with van der Waals surface area (Å²) in [7, 11) is 0. The van der Waals surface area contributed by atoms with Crippen LogP contribution < -0.4 is 10.9 Å². The number of carbonyl (C=O) groups is 1. The quantitative estimate of drug-likeness (QED) is 0.799. The highest BCUT2D eigenvalue weighted by molar-refractivity contribution is 5.80. The van der Waals surface area contributed by atoms with Crippen LogP contribution in [0.4, 0.5) is 0 Å². The maximum absolute atomic E-state index is 12.4. The summed E-state index contributed by atoms with van der Waals surface area (Å²) in [5.41, 5.74) is 1.62. The molecule has 0 atom stereocenters. The molecule has 5 nitrogen and oxygen atoms in total. The Morgan fingerprint density at radius 3 is 2.87 bits per heavy atom. The topological polar surface area (TPSA) is 64.0 Å². The Labute approximate surface area is 136 Å². The lowest BCUT2D eigenvalue weighted by atomic mass is 10.1. The standard InChI is InChI=1S/C18H25N3O2/c1-13(2)6-5-10-19-16(22)9-11-21-12-20-17-14(3)7-4-8-15(17)18(21)23/h4,7-8,12-13H,5-6,9-11H2,1-3H3,(H,19,22). The van der Waals surface area contributed by atoms with E-state index in [1.165, 1.54) is 10.9 Å². The van der Waals surface area contributed by atoms with Crippen LogP contribution in [0.3, 0.4) is 0 Å². The molecule has 0 fully saturated rings. The summed E-state index contributed by atoms with van der Waals surface area (Å²) in [4.78, 5) is 28.6. The van der Waals surface area contributed by atoms with Gasteiger partial charge in [-0.25, -0.2) is 4.98 Å². The third-order valence-corrected chi connectivity index (χ3v) is 3.92. The summed E-state index contributed by atoms with van der Waals surface area (Å²) in [6.45, 7) is 7.32. The number of benzene rings is 1. The largest absolute Gasteiger partial charge is 0.356 e. The number of nitrogens with one attached hydrogen (secondary N) is 1. The van der Waals surface area contributed by atoms with Crippen LogP contribution in [0.25, 0.3) is 10.9 Å². The highest BCUT2D eigenvalue weighted by Crippen LogP contribution is 2.11. The van der Waals surface area contributed by atoms with Crippen molar-refractivity contribution < 1.29 is 4.79 Å². The summed E-state index contributed by atoms with van der Waals surface area (Å²) in [6.07, 6.45) is 3.91. The summed E-state index contributed by atoms with van der Waals surface area (Å²) < 4.78 is 1.51. The number of aryl methyl sites for hydroxylation is 2. The first-order chi connectivity index (χ1) is 11.0. The van der Waals surface area contributed by atoms with Crippen LogP contribution in [0.1, 0.15) is 38.7 Å². The van der Waals surface area contributed by atoms with E-state index in [0.717, 1.165) is 23.9 Å². The normalized spacial score (nSPS) is 11.1. The zero-order valence-corrected chi connectivity index (χ0v) is 14.1. The molecule has 5 heteroatoms. The predicted octanol–water partition coefficient (Wildman–Crippen LogP) is 2.65. The molecular weight excluding hydrogens is 290 g/mol. The average Bonchev–Trinajstić information content (AvgIpc) is 2.51. The highest BCUT2D eigenvalue weighted by atomic mass is 16.1. The number of carbonyl (C=O) groups excluding carboxylic acids is 1. The minimum absolute atomic E-state index is 0.0232. The van der Waals surface area contributed by atoms with Gasteiger partial charge in [0.05, 0.1) is 17.2 Å². The number of rotatable bonds is 7. The molecule has 0 spiro atoms. The minimum Gasteiger partial charge on any atom is -0.356 e. The van der Waals surface area contributed by atoms with Crippen LogP contribution in [0, 0.1) is 12.8 Å². The second-order valence-electron chi connectivity index (χ2n) is 6.35. The number of aromatic nitrogens is 2. The van der Waals surface area contributed by atoms with E-state index in [9.17, 15) is 9.59 Å². The van der Waals surface area contributed by atoms with Crippen molar-refractivity contribution in [3.8, 4) is 0 Å². The first-order valence-electron chi connectivity index (χ1n) is 8.20. The zero-order chi connectivity index (χ0) is 16.8. The smallest absolute Gasteiger partial charge is 0.261 e. The van der Waals surface area contributed by atoms with Crippen molar-refractivity contribution in [1.82, 2.24) is 14.9 Å². The van der Waals surface area contributed by atoms with Crippen molar-refractivity contribution >= 4 is 16.8 Å². The van der Waals surface area contributed by atoms with Gasteiger partial charge in [-0.1, -0.05) is 26.0 Å². The number of para-hydroxylation sites is 1.